The average Bonchev–Trinajstić information content (AvgIpc) is 2.69. The van der Waals surface area contributed by atoms with Crippen molar-refractivity contribution >= 4 is 29.1 Å². The molecule has 0 aromatic heterocycles. The Balaban J connectivity index is 1.58. The van der Waals surface area contributed by atoms with E-state index in [9.17, 15) is 24.6 Å². The van der Waals surface area contributed by atoms with Crippen molar-refractivity contribution in [2.75, 3.05) is 30.4 Å². The number of hydrogen-bond acceptors (Lipinski definition) is 6. The second kappa shape index (κ2) is 7.97. The van der Waals surface area contributed by atoms with Gasteiger partial charge in [-0.25, -0.2) is 0 Å². The van der Waals surface area contributed by atoms with Crippen molar-refractivity contribution in [3.05, 3.63) is 48.0 Å². The summed E-state index contributed by atoms with van der Waals surface area (Å²) in [5, 5.41) is 24.1. The van der Waals surface area contributed by atoms with Crippen LogP contribution in [0.2, 0.25) is 0 Å². The molecule has 0 bridgehead atoms. The Morgan fingerprint density at radius 1 is 1.18 bits per heavy atom. The van der Waals surface area contributed by atoms with Gasteiger partial charge in [-0.3, -0.25) is 14.4 Å². The first-order valence-electron chi connectivity index (χ1n) is 8.44. The van der Waals surface area contributed by atoms with E-state index in [1.54, 1.807) is 19.2 Å². The minimum absolute atomic E-state index is 0.0546. The molecule has 28 heavy (non-hydrogen) atoms. The molecule has 3 rings (SSSR count). The number of ether oxygens (including phenoxy) is 1. The van der Waals surface area contributed by atoms with Crippen molar-refractivity contribution < 1.29 is 29.3 Å². The molecule has 0 aliphatic carbocycles. The monoisotopic (exact) mass is 385 g/mol. The van der Waals surface area contributed by atoms with Crippen LogP contribution in [0.3, 0.4) is 0 Å². The first-order valence-corrected chi connectivity index (χ1v) is 8.44. The fourth-order valence-corrected chi connectivity index (χ4v) is 2.62. The van der Waals surface area contributed by atoms with Gasteiger partial charge in [-0.05, 0) is 35.9 Å². The minimum atomic E-state index is -1.03. The highest BCUT2D eigenvalue weighted by atomic mass is 16.5. The molecule has 1 heterocycles. The molecule has 9 heteroatoms. The molecule has 9 nitrogen and oxygen atoms in total. The second-order valence-corrected chi connectivity index (χ2v) is 6.20. The van der Waals surface area contributed by atoms with E-state index in [0.29, 0.717) is 22.7 Å². The summed E-state index contributed by atoms with van der Waals surface area (Å²) in [6, 6.07) is 10.5. The van der Waals surface area contributed by atoms with Gasteiger partial charge in [0.15, 0.2) is 6.61 Å². The molecule has 3 amide bonds. The Labute approximate surface area is 160 Å². The highest BCUT2D eigenvalue weighted by Gasteiger charge is 2.23. The number of aliphatic hydroxyl groups is 1. The zero-order valence-electron chi connectivity index (χ0n) is 15.0. The topological polar surface area (TPSA) is 128 Å². The summed E-state index contributed by atoms with van der Waals surface area (Å²) in [5.41, 5.74) is 1.29. The van der Waals surface area contributed by atoms with Crippen LogP contribution in [-0.2, 0) is 14.4 Å². The lowest BCUT2D eigenvalue weighted by molar-refractivity contribution is -0.136. The number of aliphatic hydroxyl groups excluding tert-OH is 1. The minimum Gasteiger partial charge on any atom is -0.508 e. The Hall–Kier alpha value is -3.59. The highest BCUT2D eigenvalue weighted by Crippen LogP contribution is 2.33. The smallest absolute Gasteiger partial charge is 0.313 e. The number of aromatic hydroxyl groups is 1. The number of carbonyl (C=O) groups is 3. The van der Waals surface area contributed by atoms with Crippen LogP contribution in [0.25, 0.3) is 0 Å². The number of likely N-dealkylation sites (N-methyl/N-ethyl adjacent to an activating group) is 1. The van der Waals surface area contributed by atoms with Crippen LogP contribution in [0.1, 0.15) is 11.7 Å². The van der Waals surface area contributed by atoms with E-state index in [1.807, 2.05) is 0 Å². The lowest BCUT2D eigenvalue weighted by Gasteiger charge is -2.26. The summed E-state index contributed by atoms with van der Waals surface area (Å²) in [4.78, 5) is 37.1. The third-order valence-electron chi connectivity index (χ3n) is 4.24. The van der Waals surface area contributed by atoms with Gasteiger partial charge in [-0.2, -0.15) is 0 Å². The zero-order chi connectivity index (χ0) is 20.3. The molecule has 2 aromatic carbocycles. The molecule has 1 aliphatic rings. The Morgan fingerprint density at radius 3 is 2.61 bits per heavy atom. The first kappa shape index (κ1) is 19.2. The van der Waals surface area contributed by atoms with Gasteiger partial charge in [0.05, 0.1) is 11.8 Å². The van der Waals surface area contributed by atoms with Gasteiger partial charge < -0.3 is 30.5 Å². The summed E-state index contributed by atoms with van der Waals surface area (Å²) < 4.78 is 5.30. The van der Waals surface area contributed by atoms with Crippen LogP contribution in [0.4, 0.5) is 11.4 Å². The van der Waals surface area contributed by atoms with Crippen LogP contribution in [-0.4, -0.2) is 48.1 Å². The number of phenolic OH excluding ortho intramolecular Hbond substituents is 1. The maximum absolute atomic E-state index is 12.1. The van der Waals surface area contributed by atoms with Gasteiger partial charge in [0.25, 0.3) is 5.91 Å². The lowest BCUT2D eigenvalue weighted by atomic mass is 10.1. The van der Waals surface area contributed by atoms with Crippen molar-refractivity contribution in [1.82, 2.24) is 5.32 Å². The van der Waals surface area contributed by atoms with Crippen LogP contribution in [0.5, 0.6) is 11.5 Å². The quantitative estimate of drug-likeness (QED) is 0.569. The van der Waals surface area contributed by atoms with E-state index in [4.69, 9.17) is 4.74 Å². The predicted molar refractivity (Wildman–Crippen MR) is 100 cm³/mol. The number of nitrogens with zero attached hydrogens (tertiary/aromatic N) is 1. The SMILES string of the molecule is CN1C(=O)COc2ccc(NC(=O)C(=O)NC[C@@H](O)c3ccc(O)cc3)cc21. The van der Waals surface area contributed by atoms with Crippen LogP contribution in [0.15, 0.2) is 42.5 Å². The molecule has 1 aliphatic heterocycles. The van der Waals surface area contributed by atoms with Crippen LogP contribution < -0.4 is 20.3 Å². The summed E-state index contributed by atoms with van der Waals surface area (Å²) in [7, 11) is 1.59. The van der Waals surface area contributed by atoms with E-state index in [2.05, 4.69) is 10.6 Å². The molecular weight excluding hydrogens is 366 g/mol. The van der Waals surface area contributed by atoms with Crippen molar-refractivity contribution in [2.24, 2.45) is 0 Å². The molecule has 0 fully saturated rings. The van der Waals surface area contributed by atoms with Gasteiger partial charge in [-0.1, -0.05) is 12.1 Å². The van der Waals surface area contributed by atoms with Gasteiger partial charge in [0, 0.05) is 19.3 Å². The molecule has 0 saturated heterocycles. The maximum Gasteiger partial charge on any atom is 0.313 e. The molecule has 0 saturated carbocycles. The molecule has 0 radical (unpaired) electrons. The highest BCUT2D eigenvalue weighted by molar-refractivity contribution is 6.39. The third-order valence-corrected chi connectivity index (χ3v) is 4.24. The van der Waals surface area contributed by atoms with Crippen molar-refractivity contribution in [3.8, 4) is 11.5 Å². The van der Waals surface area contributed by atoms with Crippen LogP contribution >= 0.6 is 0 Å². The summed E-state index contributed by atoms with van der Waals surface area (Å²) in [6.07, 6.45) is -1.03. The predicted octanol–water partition coefficient (Wildman–Crippen LogP) is 0.536. The number of fused-ring (bicyclic) bond motifs is 1. The number of nitrogens with one attached hydrogen (secondary N) is 2. The van der Waals surface area contributed by atoms with E-state index in [1.165, 1.54) is 35.2 Å². The molecule has 146 valence electrons. The fourth-order valence-electron chi connectivity index (χ4n) is 2.62. The van der Waals surface area contributed by atoms with E-state index < -0.39 is 17.9 Å². The third kappa shape index (κ3) is 4.21. The van der Waals surface area contributed by atoms with Gasteiger partial charge in [0.1, 0.15) is 11.5 Å². The number of amides is 3. The maximum atomic E-state index is 12.1. The number of benzene rings is 2. The molecule has 0 spiro atoms. The summed E-state index contributed by atoms with van der Waals surface area (Å²) in [5.74, 6) is -1.50. The number of hydrogen-bond donors (Lipinski definition) is 4. The molecule has 4 N–H and O–H groups in total. The summed E-state index contributed by atoms with van der Waals surface area (Å²) >= 11 is 0. The standard InChI is InChI=1S/C19H19N3O6/c1-22-14-8-12(4-7-16(14)28-10-17(22)25)21-19(27)18(26)20-9-15(24)11-2-5-13(23)6-3-11/h2-8,15,23-24H,9-10H2,1H3,(H,20,26)(H,21,27)/t15-/m1/s1. The largest absolute Gasteiger partial charge is 0.508 e. The Morgan fingerprint density at radius 2 is 1.89 bits per heavy atom. The number of phenols is 1. The van der Waals surface area contributed by atoms with Crippen LogP contribution in [0, 0.1) is 0 Å². The molecule has 2 aromatic rings. The van der Waals surface area contributed by atoms with E-state index in [0.717, 1.165) is 0 Å². The second-order valence-electron chi connectivity index (χ2n) is 6.20. The van der Waals surface area contributed by atoms with Gasteiger partial charge in [-0.15, -0.1) is 0 Å². The molecular formula is C19H19N3O6. The van der Waals surface area contributed by atoms with Gasteiger partial charge >= 0.3 is 11.8 Å². The van der Waals surface area contributed by atoms with Crippen molar-refractivity contribution in [3.63, 3.8) is 0 Å². The first-order chi connectivity index (χ1) is 13.3. The normalized spacial score (nSPS) is 13.9. The zero-order valence-corrected chi connectivity index (χ0v) is 15.0. The number of anilines is 2. The van der Waals surface area contributed by atoms with E-state index in [-0.39, 0.29) is 24.8 Å². The molecule has 1 atom stereocenters. The fraction of sp³-hybridized carbons (Fsp3) is 0.211. The Kier molecular flexibility index (Phi) is 5.46. The van der Waals surface area contributed by atoms with Gasteiger partial charge in [0.2, 0.25) is 0 Å². The number of rotatable bonds is 4. The van der Waals surface area contributed by atoms with Crippen molar-refractivity contribution in [1.29, 1.82) is 0 Å². The number of carbonyl (C=O) groups excluding carboxylic acids is 3. The van der Waals surface area contributed by atoms with E-state index >= 15 is 0 Å². The lowest BCUT2D eigenvalue weighted by Crippen LogP contribution is -2.38. The average molecular weight is 385 g/mol. The van der Waals surface area contributed by atoms with Crippen molar-refractivity contribution in [2.45, 2.75) is 6.10 Å². The Bertz CT molecular complexity index is 912. The molecule has 0 unspecified atom stereocenters. The summed E-state index contributed by atoms with van der Waals surface area (Å²) in [6.45, 7) is -0.229.